The molecule has 0 radical (unpaired) electrons. The average molecular weight is 300 g/mol. The van der Waals surface area contributed by atoms with Crippen LogP contribution in [0.3, 0.4) is 0 Å². The van der Waals surface area contributed by atoms with E-state index in [0.717, 1.165) is 12.8 Å². The molecule has 20 heavy (non-hydrogen) atoms. The highest BCUT2D eigenvalue weighted by atomic mass is 32.2. The van der Waals surface area contributed by atoms with E-state index < -0.39 is 10.0 Å². The number of sulfonamides is 1. The molecule has 0 saturated carbocycles. The molecule has 0 bridgehead atoms. The predicted molar refractivity (Wildman–Crippen MR) is 76.2 cm³/mol. The van der Waals surface area contributed by atoms with Crippen molar-refractivity contribution in [3.63, 3.8) is 0 Å². The number of anilines is 1. The van der Waals surface area contributed by atoms with Crippen LogP contribution in [0, 0.1) is 0 Å². The van der Waals surface area contributed by atoms with Gasteiger partial charge in [0.05, 0.1) is 23.8 Å². The molecule has 1 aromatic rings. The Morgan fingerprint density at radius 1 is 1.50 bits per heavy atom. The average Bonchev–Trinajstić information content (AvgIpc) is 2.92. The molecule has 0 amide bonds. The second-order valence-corrected chi connectivity index (χ2v) is 6.58. The van der Waals surface area contributed by atoms with Crippen molar-refractivity contribution in [1.29, 1.82) is 0 Å². The summed E-state index contributed by atoms with van der Waals surface area (Å²) in [6.07, 6.45) is 1.76. The highest BCUT2D eigenvalue weighted by Gasteiger charge is 2.27. The Labute approximate surface area is 119 Å². The van der Waals surface area contributed by atoms with Crippen LogP contribution in [-0.2, 0) is 14.8 Å². The SMILES string of the molecule is COc1ccc(S(=O)(=O)NC(C)C2CCCO2)cc1N. The standard InChI is InChI=1S/C13H20N2O4S/c1-9(12-4-3-7-19-12)15-20(16,17)10-5-6-13(18-2)11(14)8-10/h5-6,8-9,12,15H,3-4,7,14H2,1-2H3. The van der Waals surface area contributed by atoms with E-state index in [4.69, 9.17) is 15.2 Å². The zero-order valence-electron chi connectivity index (χ0n) is 11.6. The van der Waals surface area contributed by atoms with Crippen LogP contribution in [0.1, 0.15) is 19.8 Å². The summed E-state index contributed by atoms with van der Waals surface area (Å²) in [7, 11) is -2.13. The molecule has 0 aromatic heterocycles. The molecule has 1 heterocycles. The van der Waals surface area contributed by atoms with Gasteiger partial charge in [-0.15, -0.1) is 0 Å². The third kappa shape index (κ3) is 3.23. The first-order valence-electron chi connectivity index (χ1n) is 6.51. The first-order chi connectivity index (χ1) is 9.44. The predicted octanol–water partition coefficient (Wildman–Crippen LogP) is 1.12. The first kappa shape index (κ1) is 15.1. The molecule has 2 unspecified atom stereocenters. The van der Waals surface area contributed by atoms with Crippen LogP contribution in [0.25, 0.3) is 0 Å². The number of hydrogen-bond donors (Lipinski definition) is 2. The van der Waals surface area contributed by atoms with Crippen LogP contribution < -0.4 is 15.2 Å². The third-order valence-corrected chi connectivity index (χ3v) is 4.93. The zero-order valence-corrected chi connectivity index (χ0v) is 12.4. The van der Waals surface area contributed by atoms with Crippen molar-refractivity contribution < 1.29 is 17.9 Å². The van der Waals surface area contributed by atoms with Gasteiger partial charge < -0.3 is 15.2 Å². The molecule has 0 aliphatic carbocycles. The summed E-state index contributed by atoms with van der Waals surface area (Å²) in [6, 6.07) is 4.13. The van der Waals surface area contributed by atoms with Crippen LogP contribution in [0.4, 0.5) is 5.69 Å². The molecular weight excluding hydrogens is 280 g/mol. The monoisotopic (exact) mass is 300 g/mol. The normalized spacial score (nSPS) is 20.8. The summed E-state index contributed by atoms with van der Waals surface area (Å²) in [5, 5.41) is 0. The van der Waals surface area contributed by atoms with E-state index in [9.17, 15) is 8.42 Å². The molecule has 2 atom stereocenters. The van der Waals surface area contributed by atoms with Gasteiger partial charge in [-0.3, -0.25) is 0 Å². The van der Waals surface area contributed by atoms with E-state index in [1.807, 2.05) is 0 Å². The second kappa shape index (κ2) is 5.99. The van der Waals surface area contributed by atoms with Gasteiger partial charge in [-0.1, -0.05) is 0 Å². The Hall–Kier alpha value is -1.31. The number of nitrogen functional groups attached to an aromatic ring is 1. The molecule has 1 aliphatic heterocycles. The molecule has 112 valence electrons. The van der Waals surface area contributed by atoms with Crippen LogP contribution in [0.15, 0.2) is 23.1 Å². The number of rotatable bonds is 5. The highest BCUT2D eigenvalue weighted by molar-refractivity contribution is 7.89. The minimum Gasteiger partial charge on any atom is -0.495 e. The maximum absolute atomic E-state index is 12.3. The van der Waals surface area contributed by atoms with E-state index >= 15 is 0 Å². The molecule has 7 heteroatoms. The molecule has 3 N–H and O–H groups in total. The van der Waals surface area contributed by atoms with Crippen LogP contribution >= 0.6 is 0 Å². The van der Waals surface area contributed by atoms with Gasteiger partial charge in [-0.05, 0) is 38.0 Å². The highest BCUT2D eigenvalue weighted by Crippen LogP contribution is 2.25. The molecular formula is C13H20N2O4S. The topological polar surface area (TPSA) is 90.7 Å². The third-order valence-electron chi connectivity index (χ3n) is 3.38. The van der Waals surface area contributed by atoms with E-state index in [0.29, 0.717) is 18.0 Å². The van der Waals surface area contributed by atoms with Gasteiger partial charge in [-0.2, -0.15) is 0 Å². The van der Waals surface area contributed by atoms with E-state index in [2.05, 4.69) is 4.72 Å². The van der Waals surface area contributed by atoms with Gasteiger partial charge >= 0.3 is 0 Å². The van der Waals surface area contributed by atoms with Crippen molar-refractivity contribution in [2.24, 2.45) is 0 Å². The van der Waals surface area contributed by atoms with Crippen LogP contribution in [0.2, 0.25) is 0 Å². The molecule has 2 rings (SSSR count). The lowest BCUT2D eigenvalue weighted by Gasteiger charge is -2.20. The number of nitrogens with two attached hydrogens (primary N) is 1. The second-order valence-electron chi connectivity index (χ2n) is 4.87. The van der Waals surface area contributed by atoms with Gasteiger partial charge in [-0.25, -0.2) is 13.1 Å². The number of ether oxygens (including phenoxy) is 2. The lowest BCUT2D eigenvalue weighted by molar-refractivity contribution is 0.0902. The van der Waals surface area contributed by atoms with Gasteiger partial charge in [0.15, 0.2) is 0 Å². The van der Waals surface area contributed by atoms with Crippen molar-refractivity contribution in [3.8, 4) is 5.75 Å². The largest absolute Gasteiger partial charge is 0.495 e. The van der Waals surface area contributed by atoms with Crippen molar-refractivity contribution >= 4 is 15.7 Å². The van der Waals surface area contributed by atoms with E-state index in [1.54, 1.807) is 13.0 Å². The number of hydrogen-bond acceptors (Lipinski definition) is 5. The summed E-state index contributed by atoms with van der Waals surface area (Å²) in [4.78, 5) is 0.126. The fraction of sp³-hybridized carbons (Fsp3) is 0.538. The molecule has 0 spiro atoms. The smallest absolute Gasteiger partial charge is 0.240 e. The summed E-state index contributed by atoms with van der Waals surface area (Å²) < 4.78 is 37.7. The molecule has 1 aromatic carbocycles. The zero-order chi connectivity index (χ0) is 14.8. The molecule has 1 aliphatic rings. The first-order valence-corrected chi connectivity index (χ1v) is 8.00. The summed E-state index contributed by atoms with van der Waals surface area (Å²) in [6.45, 7) is 2.49. The number of methoxy groups -OCH3 is 1. The molecule has 6 nitrogen and oxygen atoms in total. The van der Waals surface area contributed by atoms with Crippen molar-refractivity contribution in [3.05, 3.63) is 18.2 Å². The van der Waals surface area contributed by atoms with Gasteiger partial charge in [0.1, 0.15) is 5.75 Å². The van der Waals surface area contributed by atoms with E-state index in [1.165, 1.54) is 19.2 Å². The fourth-order valence-corrected chi connectivity index (χ4v) is 3.57. The number of nitrogens with one attached hydrogen (secondary N) is 1. The Morgan fingerprint density at radius 2 is 2.25 bits per heavy atom. The Bertz CT molecular complexity index is 568. The summed E-state index contributed by atoms with van der Waals surface area (Å²) in [5.74, 6) is 0.455. The van der Waals surface area contributed by atoms with Crippen LogP contribution in [0.5, 0.6) is 5.75 Å². The molecule has 1 fully saturated rings. The van der Waals surface area contributed by atoms with Crippen molar-refractivity contribution in [2.75, 3.05) is 19.5 Å². The van der Waals surface area contributed by atoms with Crippen molar-refractivity contribution in [2.45, 2.75) is 36.8 Å². The van der Waals surface area contributed by atoms with Gasteiger partial charge in [0.2, 0.25) is 10.0 Å². The Morgan fingerprint density at radius 3 is 2.80 bits per heavy atom. The minimum absolute atomic E-state index is 0.0691. The quantitative estimate of drug-likeness (QED) is 0.795. The number of benzene rings is 1. The summed E-state index contributed by atoms with van der Waals surface area (Å²) in [5.41, 5.74) is 6.03. The Kier molecular flexibility index (Phi) is 4.52. The van der Waals surface area contributed by atoms with Crippen LogP contribution in [-0.4, -0.2) is 34.3 Å². The van der Waals surface area contributed by atoms with Gasteiger partial charge in [0.25, 0.3) is 0 Å². The van der Waals surface area contributed by atoms with Crippen molar-refractivity contribution in [1.82, 2.24) is 4.72 Å². The maximum Gasteiger partial charge on any atom is 0.240 e. The van der Waals surface area contributed by atoms with E-state index in [-0.39, 0.29) is 17.0 Å². The van der Waals surface area contributed by atoms with Gasteiger partial charge in [0, 0.05) is 12.6 Å². The maximum atomic E-state index is 12.3. The molecule has 1 saturated heterocycles. The lowest BCUT2D eigenvalue weighted by Crippen LogP contribution is -2.40. The Balaban J connectivity index is 2.15. The minimum atomic E-state index is -3.61. The summed E-state index contributed by atoms with van der Waals surface area (Å²) >= 11 is 0. The fourth-order valence-electron chi connectivity index (χ4n) is 2.27. The lowest BCUT2D eigenvalue weighted by atomic mass is 10.1.